The first-order valence-electron chi connectivity index (χ1n) is 5.37. The van der Waals surface area contributed by atoms with Crippen LogP contribution in [0.4, 0.5) is 8.78 Å². The molecule has 2 unspecified atom stereocenters. The molecular weight excluding hydrogens is 200 g/mol. The highest BCUT2D eigenvalue weighted by atomic mass is 19.3. The van der Waals surface area contributed by atoms with E-state index in [0.717, 1.165) is 6.42 Å². The van der Waals surface area contributed by atoms with E-state index in [0.29, 0.717) is 0 Å². The van der Waals surface area contributed by atoms with Crippen molar-refractivity contribution in [3.8, 4) is 0 Å². The van der Waals surface area contributed by atoms with Crippen molar-refractivity contribution in [1.82, 2.24) is 0 Å². The van der Waals surface area contributed by atoms with Gasteiger partial charge in [-0.2, -0.15) is 0 Å². The van der Waals surface area contributed by atoms with Crippen LogP contribution in [0.1, 0.15) is 40.0 Å². The summed E-state index contributed by atoms with van der Waals surface area (Å²) < 4.78 is 26.5. The topological polar surface area (TPSA) is 43.1 Å². The number of hydrogen-bond donors (Lipinski definition) is 1. The Balaban J connectivity index is 2.92. The molecule has 0 aromatic rings. The number of halogens is 2. The largest absolute Gasteiger partial charge is 0.369 e. The predicted molar refractivity (Wildman–Crippen MR) is 54.4 cm³/mol. The highest BCUT2D eigenvalue weighted by molar-refractivity contribution is 5.77. The van der Waals surface area contributed by atoms with Gasteiger partial charge >= 0.3 is 0 Å². The number of rotatable bonds is 3. The molecule has 0 bridgehead atoms. The molecule has 1 rings (SSSR count). The molecule has 0 heterocycles. The summed E-state index contributed by atoms with van der Waals surface area (Å²) in [5.74, 6) is -4.28. The minimum absolute atomic E-state index is 0.207. The molecule has 2 nitrogen and oxygen atoms in total. The van der Waals surface area contributed by atoms with Gasteiger partial charge in [-0.05, 0) is 11.3 Å². The number of primary amides is 1. The van der Waals surface area contributed by atoms with Crippen LogP contribution in [0.5, 0.6) is 0 Å². The molecule has 15 heavy (non-hydrogen) atoms. The van der Waals surface area contributed by atoms with Gasteiger partial charge in [-0.25, -0.2) is 8.78 Å². The average Bonchev–Trinajstić information content (AvgIpc) is 2.42. The van der Waals surface area contributed by atoms with Crippen LogP contribution in [0.25, 0.3) is 0 Å². The maximum Gasteiger partial charge on any atom is 0.249 e. The van der Waals surface area contributed by atoms with Gasteiger partial charge in [-0.15, -0.1) is 0 Å². The minimum Gasteiger partial charge on any atom is -0.369 e. The summed E-state index contributed by atoms with van der Waals surface area (Å²) in [4.78, 5) is 11.2. The number of carbonyl (C=O) groups is 1. The van der Waals surface area contributed by atoms with E-state index >= 15 is 0 Å². The Kier molecular flexibility index (Phi) is 3.08. The predicted octanol–water partition coefficient (Wildman–Crippen LogP) is 2.57. The molecule has 0 aromatic carbocycles. The molecule has 0 aliphatic heterocycles. The summed E-state index contributed by atoms with van der Waals surface area (Å²) in [5.41, 5.74) is 4.94. The number of hydrogen-bond acceptors (Lipinski definition) is 1. The normalized spacial score (nSPS) is 30.5. The third-order valence-corrected chi connectivity index (χ3v) is 3.80. The van der Waals surface area contributed by atoms with Gasteiger partial charge in [0, 0.05) is 18.8 Å². The Labute approximate surface area is 89.2 Å². The lowest BCUT2D eigenvalue weighted by Crippen LogP contribution is -2.34. The molecule has 0 aromatic heterocycles. The zero-order chi connectivity index (χ0) is 11.9. The second kappa shape index (κ2) is 3.72. The first-order valence-corrected chi connectivity index (χ1v) is 5.37. The maximum absolute atomic E-state index is 13.3. The number of alkyl halides is 2. The van der Waals surface area contributed by atoms with Gasteiger partial charge in [0.25, 0.3) is 0 Å². The molecule has 4 heteroatoms. The lowest BCUT2D eigenvalue weighted by molar-refractivity contribution is -0.124. The molecule has 1 saturated carbocycles. The van der Waals surface area contributed by atoms with E-state index in [4.69, 9.17) is 5.73 Å². The molecule has 2 atom stereocenters. The molecule has 1 aliphatic rings. The minimum atomic E-state index is -2.73. The summed E-state index contributed by atoms with van der Waals surface area (Å²) in [7, 11) is 0. The summed E-state index contributed by atoms with van der Waals surface area (Å²) in [6.45, 7) is 5.80. The van der Waals surface area contributed by atoms with Gasteiger partial charge in [-0.3, -0.25) is 4.79 Å². The van der Waals surface area contributed by atoms with Gasteiger partial charge < -0.3 is 5.73 Å². The van der Waals surface area contributed by atoms with Crippen LogP contribution in [0.2, 0.25) is 0 Å². The van der Waals surface area contributed by atoms with Gasteiger partial charge in [-0.1, -0.05) is 27.2 Å². The molecule has 2 N–H and O–H groups in total. The van der Waals surface area contributed by atoms with E-state index in [1.165, 1.54) is 0 Å². The fourth-order valence-corrected chi connectivity index (χ4v) is 2.39. The molecule has 1 aliphatic carbocycles. The highest BCUT2D eigenvalue weighted by Gasteiger charge is 2.52. The van der Waals surface area contributed by atoms with Crippen molar-refractivity contribution in [3.05, 3.63) is 0 Å². The summed E-state index contributed by atoms with van der Waals surface area (Å²) >= 11 is 0. The highest BCUT2D eigenvalue weighted by Crippen LogP contribution is 2.51. The van der Waals surface area contributed by atoms with Crippen molar-refractivity contribution in [2.24, 2.45) is 23.0 Å². The molecule has 1 amide bonds. The van der Waals surface area contributed by atoms with E-state index in [-0.39, 0.29) is 24.2 Å². The Morgan fingerprint density at radius 2 is 2.00 bits per heavy atom. The van der Waals surface area contributed by atoms with E-state index < -0.39 is 17.7 Å². The first kappa shape index (κ1) is 12.4. The maximum atomic E-state index is 13.3. The van der Waals surface area contributed by atoms with Gasteiger partial charge in [0.05, 0.1) is 0 Å². The van der Waals surface area contributed by atoms with Crippen LogP contribution in [-0.4, -0.2) is 11.8 Å². The van der Waals surface area contributed by atoms with Gasteiger partial charge in [0.15, 0.2) is 0 Å². The van der Waals surface area contributed by atoms with Crippen molar-refractivity contribution in [2.45, 2.75) is 46.0 Å². The first-order chi connectivity index (χ1) is 6.69. The van der Waals surface area contributed by atoms with Crippen LogP contribution < -0.4 is 5.73 Å². The van der Waals surface area contributed by atoms with E-state index in [1.54, 1.807) is 0 Å². The van der Waals surface area contributed by atoms with Crippen molar-refractivity contribution >= 4 is 5.91 Å². The molecule has 88 valence electrons. The number of nitrogens with two attached hydrogens (primary N) is 1. The van der Waals surface area contributed by atoms with Crippen LogP contribution in [0.15, 0.2) is 0 Å². The van der Waals surface area contributed by atoms with E-state index in [1.807, 2.05) is 20.8 Å². The third kappa shape index (κ3) is 2.47. The zero-order valence-electron chi connectivity index (χ0n) is 9.52. The molecule has 0 radical (unpaired) electrons. The molecule has 0 spiro atoms. The molecule has 1 fully saturated rings. The standard InChI is InChI=1S/C11H19F2NO/c1-4-10(2,3)8-6-11(12,13)5-7(8)9(14)15/h7-8H,4-6H2,1-3H3,(H2,14,15). The second-order valence-electron chi connectivity index (χ2n) is 5.22. The van der Waals surface area contributed by atoms with Crippen LogP contribution in [-0.2, 0) is 4.79 Å². The Morgan fingerprint density at radius 1 is 1.47 bits per heavy atom. The van der Waals surface area contributed by atoms with E-state index in [9.17, 15) is 13.6 Å². The second-order valence-corrected chi connectivity index (χ2v) is 5.22. The lowest BCUT2D eigenvalue weighted by Gasteiger charge is -2.33. The fraction of sp³-hybridized carbons (Fsp3) is 0.909. The number of amides is 1. The summed E-state index contributed by atoms with van der Waals surface area (Å²) in [6, 6.07) is 0. The Bertz CT molecular complexity index is 263. The quantitative estimate of drug-likeness (QED) is 0.778. The van der Waals surface area contributed by atoms with Gasteiger partial charge in [0.2, 0.25) is 11.8 Å². The van der Waals surface area contributed by atoms with Gasteiger partial charge in [0.1, 0.15) is 0 Å². The smallest absolute Gasteiger partial charge is 0.249 e. The van der Waals surface area contributed by atoms with Crippen molar-refractivity contribution in [3.63, 3.8) is 0 Å². The summed E-state index contributed by atoms with van der Waals surface area (Å²) in [5, 5.41) is 0. The number of carbonyl (C=O) groups excluding carboxylic acids is 1. The monoisotopic (exact) mass is 219 g/mol. The van der Waals surface area contributed by atoms with Crippen molar-refractivity contribution in [2.75, 3.05) is 0 Å². The van der Waals surface area contributed by atoms with Crippen molar-refractivity contribution < 1.29 is 13.6 Å². The lowest BCUT2D eigenvalue weighted by atomic mass is 9.71. The van der Waals surface area contributed by atoms with Crippen LogP contribution >= 0.6 is 0 Å². The van der Waals surface area contributed by atoms with Crippen LogP contribution in [0.3, 0.4) is 0 Å². The van der Waals surface area contributed by atoms with E-state index in [2.05, 4.69) is 0 Å². The third-order valence-electron chi connectivity index (χ3n) is 3.80. The fourth-order valence-electron chi connectivity index (χ4n) is 2.39. The SMILES string of the molecule is CCC(C)(C)C1CC(F)(F)CC1C(N)=O. The van der Waals surface area contributed by atoms with Crippen molar-refractivity contribution in [1.29, 1.82) is 0 Å². The Hall–Kier alpha value is -0.670. The molecular formula is C11H19F2NO. The summed E-state index contributed by atoms with van der Waals surface area (Å²) in [6.07, 6.45) is 0.190. The zero-order valence-corrected chi connectivity index (χ0v) is 9.52. The van der Waals surface area contributed by atoms with Crippen LogP contribution in [0, 0.1) is 17.3 Å². The average molecular weight is 219 g/mol. The Morgan fingerprint density at radius 3 is 2.40 bits per heavy atom. The molecule has 0 saturated heterocycles.